The molecule has 3 aliphatic rings. The summed E-state index contributed by atoms with van der Waals surface area (Å²) < 4.78 is 2.00. The topological polar surface area (TPSA) is 80.1 Å². The zero-order valence-corrected chi connectivity index (χ0v) is 15.0. The lowest BCUT2D eigenvalue weighted by Crippen LogP contribution is -2.41. The van der Waals surface area contributed by atoms with Gasteiger partial charge in [0, 0.05) is 38.5 Å². The molecule has 1 saturated carbocycles. The lowest BCUT2D eigenvalue weighted by atomic mass is 9.92. The van der Waals surface area contributed by atoms with E-state index in [2.05, 4.69) is 15.5 Å². The molecular formula is C18H27N5O2. The molecule has 1 atom stereocenters. The van der Waals surface area contributed by atoms with Crippen molar-refractivity contribution in [3.05, 3.63) is 11.6 Å². The number of carbonyl (C=O) groups excluding carboxylic acids is 2. The van der Waals surface area contributed by atoms with E-state index in [0.29, 0.717) is 12.2 Å². The average Bonchev–Trinajstić information content (AvgIpc) is 3.21. The van der Waals surface area contributed by atoms with Gasteiger partial charge in [-0.05, 0) is 37.5 Å². The SMILES string of the molecule is CCC(=O)N1CCC2(CC1)CC2NC(=O)c1nnc2n1CCCCC2. The summed E-state index contributed by atoms with van der Waals surface area (Å²) in [5.74, 6) is 1.56. The van der Waals surface area contributed by atoms with E-state index in [1.807, 2.05) is 16.4 Å². The molecule has 2 amide bonds. The quantitative estimate of drug-likeness (QED) is 0.901. The second kappa shape index (κ2) is 6.42. The molecular weight excluding hydrogens is 318 g/mol. The van der Waals surface area contributed by atoms with Crippen molar-refractivity contribution in [3.63, 3.8) is 0 Å². The van der Waals surface area contributed by atoms with Crippen LogP contribution in [0, 0.1) is 5.41 Å². The molecule has 4 rings (SSSR count). The van der Waals surface area contributed by atoms with E-state index in [-0.39, 0.29) is 23.3 Å². The largest absolute Gasteiger partial charge is 0.346 e. The minimum atomic E-state index is -0.0883. The van der Waals surface area contributed by atoms with Gasteiger partial charge < -0.3 is 14.8 Å². The minimum absolute atomic E-state index is 0.0883. The van der Waals surface area contributed by atoms with Gasteiger partial charge in [0.25, 0.3) is 5.91 Å². The molecule has 25 heavy (non-hydrogen) atoms. The van der Waals surface area contributed by atoms with Crippen LogP contribution in [0.15, 0.2) is 0 Å². The van der Waals surface area contributed by atoms with Crippen molar-refractivity contribution in [1.82, 2.24) is 25.0 Å². The highest BCUT2D eigenvalue weighted by molar-refractivity contribution is 5.91. The number of piperidine rings is 1. The number of likely N-dealkylation sites (tertiary alicyclic amines) is 1. The molecule has 1 aromatic rings. The number of nitrogens with one attached hydrogen (secondary N) is 1. The fourth-order valence-electron chi connectivity index (χ4n) is 4.41. The van der Waals surface area contributed by atoms with E-state index in [1.165, 1.54) is 6.42 Å². The first-order valence-corrected chi connectivity index (χ1v) is 9.64. The normalized spacial score (nSPS) is 24.5. The van der Waals surface area contributed by atoms with Gasteiger partial charge in [-0.2, -0.15) is 0 Å². The molecule has 2 aliphatic heterocycles. The van der Waals surface area contributed by atoms with Crippen LogP contribution < -0.4 is 5.32 Å². The number of aromatic nitrogens is 3. The maximum atomic E-state index is 12.7. The molecule has 1 aromatic heterocycles. The Morgan fingerprint density at radius 2 is 1.96 bits per heavy atom. The average molecular weight is 345 g/mol. The van der Waals surface area contributed by atoms with E-state index in [9.17, 15) is 9.59 Å². The van der Waals surface area contributed by atoms with Gasteiger partial charge in [-0.3, -0.25) is 9.59 Å². The van der Waals surface area contributed by atoms with Gasteiger partial charge in [0.05, 0.1) is 0 Å². The zero-order chi connectivity index (χ0) is 17.4. The van der Waals surface area contributed by atoms with Gasteiger partial charge in [-0.1, -0.05) is 13.3 Å². The maximum absolute atomic E-state index is 12.7. The predicted octanol–water partition coefficient (Wildman–Crippen LogP) is 1.53. The summed E-state index contributed by atoms with van der Waals surface area (Å²) in [4.78, 5) is 26.5. The number of aryl methyl sites for hydroxylation is 1. The Morgan fingerprint density at radius 1 is 1.16 bits per heavy atom. The third kappa shape index (κ3) is 3.04. The summed E-state index contributed by atoms with van der Waals surface area (Å²) in [6, 6.07) is 0.220. The summed E-state index contributed by atoms with van der Waals surface area (Å²) in [6.07, 6.45) is 7.87. The van der Waals surface area contributed by atoms with Gasteiger partial charge in [-0.15, -0.1) is 10.2 Å². The number of fused-ring (bicyclic) bond motifs is 1. The first-order valence-electron chi connectivity index (χ1n) is 9.64. The van der Waals surface area contributed by atoms with Gasteiger partial charge >= 0.3 is 0 Å². The van der Waals surface area contributed by atoms with Crippen molar-refractivity contribution in [1.29, 1.82) is 0 Å². The van der Waals surface area contributed by atoms with Crippen LogP contribution in [0.5, 0.6) is 0 Å². The van der Waals surface area contributed by atoms with Crippen LogP contribution in [0.25, 0.3) is 0 Å². The highest BCUT2D eigenvalue weighted by atomic mass is 16.2. The zero-order valence-electron chi connectivity index (χ0n) is 15.0. The summed E-state index contributed by atoms with van der Waals surface area (Å²) in [5.41, 5.74) is 0.196. The minimum Gasteiger partial charge on any atom is -0.346 e. The molecule has 1 N–H and O–H groups in total. The lowest BCUT2D eigenvalue weighted by Gasteiger charge is -2.32. The monoisotopic (exact) mass is 345 g/mol. The van der Waals surface area contributed by atoms with Crippen LogP contribution in [0.4, 0.5) is 0 Å². The Morgan fingerprint density at radius 3 is 2.72 bits per heavy atom. The Kier molecular flexibility index (Phi) is 4.25. The van der Waals surface area contributed by atoms with Crippen LogP contribution in [0.3, 0.4) is 0 Å². The summed E-state index contributed by atoms with van der Waals surface area (Å²) in [6.45, 7) is 4.39. The summed E-state index contributed by atoms with van der Waals surface area (Å²) in [5, 5.41) is 11.5. The van der Waals surface area contributed by atoms with E-state index < -0.39 is 0 Å². The molecule has 0 aromatic carbocycles. The van der Waals surface area contributed by atoms with Crippen molar-refractivity contribution in [2.24, 2.45) is 5.41 Å². The van der Waals surface area contributed by atoms with E-state index in [1.54, 1.807) is 0 Å². The summed E-state index contributed by atoms with van der Waals surface area (Å²) >= 11 is 0. The van der Waals surface area contributed by atoms with E-state index in [0.717, 1.165) is 64.0 Å². The number of rotatable bonds is 3. The van der Waals surface area contributed by atoms with Crippen LogP contribution in [0.2, 0.25) is 0 Å². The molecule has 0 bridgehead atoms. The highest BCUT2D eigenvalue weighted by Crippen LogP contribution is 2.54. The Bertz CT molecular complexity index is 675. The first-order chi connectivity index (χ1) is 12.1. The molecule has 1 saturated heterocycles. The van der Waals surface area contributed by atoms with Crippen molar-refractivity contribution in [2.75, 3.05) is 13.1 Å². The Hall–Kier alpha value is -1.92. The third-order valence-corrected chi connectivity index (χ3v) is 6.22. The smallest absolute Gasteiger partial charge is 0.289 e. The maximum Gasteiger partial charge on any atom is 0.289 e. The number of amides is 2. The second-order valence-electron chi connectivity index (χ2n) is 7.73. The fourth-order valence-corrected chi connectivity index (χ4v) is 4.41. The van der Waals surface area contributed by atoms with Crippen LogP contribution in [0.1, 0.15) is 68.3 Å². The standard InChI is InChI=1S/C18H27N5O2/c1-2-15(24)22-10-7-18(8-11-22)12-13(18)19-17(25)16-21-20-14-6-4-3-5-9-23(14)16/h13H,2-12H2,1H3,(H,19,25). The molecule has 7 nitrogen and oxygen atoms in total. The van der Waals surface area contributed by atoms with Crippen molar-refractivity contribution < 1.29 is 9.59 Å². The first kappa shape index (κ1) is 16.5. The Labute approximate surface area is 148 Å². The Balaban J connectivity index is 1.36. The number of carbonyl (C=O) groups is 2. The number of hydrogen-bond donors (Lipinski definition) is 1. The molecule has 1 spiro atoms. The van der Waals surface area contributed by atoms with E-state index >= 15 is 0 Å². The van der Waals surface area contributed by atoms with Gasteiger partial charge in [0.2, 0.25) is 11.7 Å². The fraction of sp³-hybridized carbons (Fsp3) is 0.778. The van der Waals surface area contributed by atoms with Crippen molar-refractivity contribution in [3.8, 4) is 0 Å². The number of nitrogens with zero attached hydrogens (tertiary/aromatic N) is 4. The molecule has 0 radical (unpaired) electrons. The molecule has 2 fully saturated rings. The van der Waals surface area contributed by atoms with Crippen molar-refractivity contribution in [2.45, 2.75) is 70.9 Å². The van der Waals surface area contributed by atoms with E-state index in [4.69, 9.17) is 0 Å². The van der Waals surface area contributed by atoms with Crippen LogP contribution in [-0.2, 0) is 17.8 Å². The highest BCUT2D eigenvalue weighted by Gasteiger charge is 2.56. The molecule has 7 heteroatoms. The third-order valence-electron chi connectivity index (χ3n) is 6.22. The van der Waals surface area contributed by atoms with Crippen molar-refractivity contribution >= 4 is 11.8 Å². The predicted molar refractivity (Wildman–Crippen MR) is 92.0 cm³/mol. The molecule has 3 heterocycles. The summed E-state index contributed by atoms with van der Waals surface area (Å²) in [7, 11) is 0. The molecule has 1 aliphatic carbocycles. The number of hydrogen-bond acceptors (Lipinski definition) is 4. The van der Waals surface area contributed by atoms with Gasteiger partial charge in [-0.25, -0.2) is 0 Å². The lowest BCUT2D eigenvalue weighted by molar-refractivity contribution is -0.132. The van der Waals surface area contributed by atoms with Gasteiger partial charge in [0.1, 0.15) is 5.82 Å². The second-order valence-corrected chi connectivity index (χ2v) is 7.73. The van der Waals surface area contributed by atoms with Gasteiger partial charge in [0.15, 0.2) is 0 Å². The van der Waals surface area contributed by atoms with Crippen LogP contribution >= 0.6 is 0 Å². The molecule has 1 unspecified atom stereocenters. The van der Waals surface area contributed by atoms with Crippen LogP contribution in [-0.4, -0.2) is 50.6 Å². The molecule has 136 valence electrons.